The number of nitrogens with one attached hydrogen (secondary N) is 1. The highest BCUT2D eigenvalue weighted by molar-refractivity contribution is 9.10. The second-order valence-electron chi connectivity index (χ2n) is 9.23. The van der Waals surface area contributed by atoms with Gasteiger partial charge in [-0.2, -0.15) is 0 Å². The molecule has 2 aromatic heterocycles. The molecule has 0 fully saturated rings. The first-order chi connectivity index (χ1) is 18.6. The molecule has 0 spiro atoms. The minimum atomic E-state index is 0.380. The number of halogens is 1. The van der Waals surface area contributed by atoms with E-state index in [1.807, 2.05) is 59.1 Å². The number of benzene rings is 3. The Morgan fingerprint density at radius 3 is 2.55 bits per heavy atom. The number of nitrogens with zero attached hydrogens (tertiary/aromatic N) is 3. The van der Waals surface area contributed by atoms with Crippen molar-refractivity contribution in [3.05, 3.63) is 100 Å². The predicted molar refractivity (Wildman–Crippen MR) is 158 cm³/mol. The van der Waals surface area contributed by atoms with E-state index in [0.717, 1.165) is 75.8 Å². The quantitative estimate of drug-likeness (QED) is 0.203. The lowest BCUT2D eigenvalue weighted by Gasteiger charge is -2.14. The lowest BCUT2D eigenvalue weighted by molar-refractivity contribution is 0.288. The van der Waals surface area contributed by atoms with Crippen molar-refractivity contribution < 1.29 is 9.47 Å². The number of methoxy groups -OCH3 is 1. The maximum absolute atomic E-state index is 6.13. The van der Waals surface area contributed by atoms with Crippen molar-refractivity contribution in [3.8, 4) is 22.6 Å². The molecular weight excluding hydrogens is 560 g/mol. The average Bonchev–Trinajstić information content (AvgIpc) is 3.35. The van der Waals surface area contributed by atoms with Crippen LogP contribution in [0.5, 0.6) is 11.5 Å². The SMILES string of the molecule is COc1ccccc1NC(=S)c1c(-c2ccc(Br)cc2)c2c3n(c(COc4ccccc4)nn13)CCCC2. The molecule has 3 heterocycles. The van der Waals surface area contributed by atoms with E-state index in [4.69, 9.17) is 26.8 Å². The minimum Gasteiger partial charge on any atom is -0.495 e. The fraction of sp³-hybridized carbons (Fsp3) is 0.200. The van der Waals surface area contributed by atoms with Crippen molar-refractivity contribution in [3.63, 3.8) is 0 Å². The topological polar surface area (TPSA) is 52.7 Å². The van der Waals surface area contributed by atoms with Gasteiger partial charge in [0.2, 0.25) is 0 Å². The predicted octanol–water partition coefficient (Wildman–Crippen LogP) is 7.28. The second kappa shape index (κ2) is 10.6. The summed E-state index contributed by atoms with van der Waals surface area (Å²) in [4.78, 5) is 0.592. The summed E-state index contributed by atoms with van der Waals surface area (Å²) in [5.74, 6) is 2.44. The van der Waals surface area contributed by atoms with Gasteiger partial charge in [-0.3, -0.25) is 0 Å². The normalized spacial score (nSPS) is 12.8. The first kappa shape index (κ1) is 24.7. The maximum atomic E-state index is 6.13. The minimum absolute atomic E-state index is 0.380. The largest absolute Gasteiger partial charge is 0.495 e. The lowest BCUT2D eigenvalue weighted by atomic mass is 9.98. The molecule has 0 bridgehead atoms. The summed E-state index contributed by atoms with van der Waals surface area (Å²) in [6.07, 6.45) is 3.13. The van der Waals surface area contributed by atoms with Crippen LogP contribution in [0.1, 0.15) is 29.9 Å². The molecule has 1 aliphatic rings. The van der Waals surface area contributed by atoms with Gasteiger partial charge in [0.25, 0.3) is 0 Å². The maximum Gasteiger partial charge on any atom is 0.169 e. The van der Waals surface area contributed by atoms with E-state index >= 15 is 0 Å². The number of aryl methyl sites for hydroxylation is 2. The van der Waals surface area contributed by atoms with Crippen molar-refractivity contribution in [2.45, 2.75) is 32.4 Å². The van der Waals surface area contributed by atoms with E-state index < -0.39 is 0 Å². The Morgan fingerprint density at radius 1 is 1.00 bits per heavy atom. The first-order valence-electron chi connectivity index (χ1n) is 12.6. The molecular formula is C30H27BrN4O2S. The van der Waals surface area contributed by atoms with Gasteiger partial charge >= 0.3 is 0 Å². The van der Waals surface area contributed by atoms with Crippen molar-refractivity contribution >= 4 is 44.5 Å². The summed E-state index contributed by atoms with van der Waals surface area (Å²) in [5, 5.41) is 8.54. The zero-order valence-corrected chi connectivity index (χ0v) is 23.4. The number of anilines is 1. The zero-order valence-electron chi connectivity index (χ0n) is 21.0. The van der Waals surface area contributed by atoms with Crippen LogP contribution in [0.25, 0.3) is 16.8 Å². The fourth-order valence-corrected chi connectivity index (χ4v) is 5.70. The molecule has 1 aliphatic heterocycles. The number of aromatic nitrogens is 3. The van der Waals surface area contributed by atoms with Crippen molar-refractivity contribution in [1.29, 1.82) is 0 Å². The monoisotopic (exact) mass is 586 g/mol. The van der Waals surface area contributed by atoms with Crippen LogP contribution >= 0.6 is 28.1 Å². The molecule has 192 valence electrons. The lowest BCUT2D eigenvalue weighted by Crippen LogP contribution is -2.15. The van der Waals surface area contributed by atoms with Gasteiger partial charge in [0.1, 0.15) is 34.4 Å². The van der Waals surface area contributed by atoms with Crippen molar-refractivity contribution in [2.75, 3.05) is 12.4 Å². The van der Waals surface area contributed by atoms with Crippen LogP contribution in [0.3, 0.4) is 0 Å². The molecule has 8 heteroatoms. The second-order valence-corrected chi connectivity index (χ2v) is 10.5. The highest BCUT2D eigenvalue weighted by Crippen LogP contribution is 2.38. The molecule has 0 atom stereocenters. The summed E-state index contributed by atoms with van der Waals surface area (Å²) in [6, 6.07) is 26.1. The van der Waals surface area contributed by atoms with E-state index in [-0.39, 0.29) is 0 Å². The van der Waals surface area contributed by atoms with Crippen LogP contribution in [0.15, 0.2) is 83.3 Å². The molecule has 3 aromatic carbocycles. The van der Waals surface area contributed by atoms with Gasteiger partial charge in [-0.15, -0.1) is 5.10 Å². The molecule has 0 saturated heterocycles. The molecule has 6 nitrogen and oxygen atoms in total. The summed E-state index contributed by atoms with van der Waals surface area (Å²) in [7, 11) is 1.66. The Bertz CT molecular complexity index is 1610. The smallest absolute Gasteiger partial charge is 0.169 e. The van der Waals surface area contributed by atoms with Gasteiger partial charge in [0.15, 0.2) is 5.82 Å². The zero-order chi connectivity index (χ0) is 26.1. The summed E-state index contributed by atoms with van der Waals surface area (Å²) >= 11 is 9.66. The molecule has 6 rings (SSSR count). The van der Waals surface area contributed by atoms with E-state index in [1.54, 1.807) is 7.11 Å². The molecule has 0 unspecified atom stereocenters. The number of rotatable bonds is 7. The first-order valence-corrected chi connectivity index (χ1v) is 13.9. The van der Waals surface area contributed by atoms with E-state index in [9.17, 15) is 0 Å². The third kappa shape index (κ3) is 4.59. The van der Waals surface area contributed by atoms with Gasteiger partial charge in [0, 0.05) is 22.1 Å². The number of ether oxygens (including phenoxy) is 2. The Morgan fingerprint density at radius 2 is 1.76 bits per heavy atom. The van der Waals surface area contributed by atoms with Crippen molar-refractivity contribution in [2.24, 2.45) is 0 Å². The third-order valence-electron chi connectivity index (χ3n) is 6.88. The molecule has 0 saturated carbocycles. The van der Waals surface area contributed by atoms with Gasteiger partial charge in [-0.1, -0.05) is 70.6 Å². The highest BCUT2D eigenvalue weighted by atomic mass is 79.9. The average molecular weight is 588 g/mol. The molecule has 38 heavy (non-hydrogen) atoms. The summed E-state index contributed by atoms with van der Waals surface area (Å²) in [6.45, 7) is 1.27. The third-order valence-corrected chi connectivity index (χ3v) is 7.70. The Balaban J connectivity index is 1.51. The van der Waals surface area contributed by atoms with Gasteiger partial charge < -0.3 is 19.4 Å². The van der Waals surface area contributed by atoms with Crippen LogP contribution in [-0.4, -0.2) is 26.3 Å². The molecule has 0 amide bonds. The number of hydrogen-bond acceptors (Lipinski definition) is 4. The summed E-state index contributed by atoms with van der Waals surface area (Å²) in [5.41, 5.74) is 6.29. The van der Waals surface area contributed by atoms with Crippen molar-refractivity contribution in [1.82, 2.24) is 14.2 Å². The Labute approximate surface area is 235 Å². The highest BCUT2D eigenvalue weighted by Gasteiger charge is 2.29. The van der Waals surface area contributed by atoms with Crippen LogP contribution in [0.4, 0.5) is 5.69 Å². The van der Waals surface area contributed by atoms with Gasteiger partial charge in [-0.05, 0) is 61.2 Å². The van der Waals surface area contributed by atoms with Crippen LogP contribution in [-0.2, 0) is 19.6 Å². The molecule has 5 aromatic rings. The Hall–Kier alpha value is -3.62. The number of hydrogen-bond donors (Lipinski definition) is 1. The van der Waals surface area contributed by atoms with E-state index in [0.29, 0.717) is 11.6 Å². The number of thiocarbonyl (C=S) groups is 1. The van der Waals surface area contributed by atoms with E-state index in [2.05, 4.69) is 50.1 Å². The fourth-order valence-electron chi connectivity index (χ4n) is 5.14. The Kier molecular flexibility index (Phi) is 6.91. The molecule has 0 radical (unpaired) electrons. The van der Waals surface area contributed by atoms with Gasteiger partial charge in [-0.25, -0.2) is 4.52 Å². The van der Waals surface area contributed by atoms with Crippen LogP contribution < -0.4 is 14.8 Å². The summed E-state index contributed by atoms with van der Waals surface area (Å²) < 4.78 is 17.1. The molecule has 0 aliphatic carbocycles. The van der Waals surface area contributed by atoms with Gasteiger partial charge in [0.05, 0.1) is 12.8 Å². The van der Waals surface area contributed by atoms with Crippen LogP contribution in [0, 0.1) is 0 Å². The van der Waals surface area contributed by atoms with Crippen LogP contribution in [0.2, 0.25) is 0 Å². The standard InChI is InChI=1S/C30H27BrN4O2S/c1-36-25-13-6-5-12-24(25)32-29(38)28-27(20-14-16-21(31)17-15-20)23-11-7-8-18-34-26(33-35(28)30(23)34)19-37-22-9-3-2-4-10-22/h2-6,9-10,12-17H,7-8,11,18-19H2,1H3,(H,32,38). The van der Waals surface area contributed by atoms with E-state index in [1.165, 1.54) is 5.56 Å². The molecule has 1 N–H and O–H groups in total. The number of para-hydroxylation sites is 3.